The molecular weight excluding hydrogens is 230 g/mol. The molecule has 2 N–H and O–H groups in total. The van der Waals surface area contributed by atoms with Crippen molar-refractivity contribution in [1.29, 1.82) is 0 Å². The number of nitrogens with two attached hydrogens (primary N) is 1. The number of rotatable bonds is 6. The van der Waals surface area contributed by atoms with Crippen molar-refractivity contribution in [3.8, 4) is 5.75 Å². The van der Waals surface area contributed by atoms with Gasteiger partial charge in [-0.05, 0) is 24.1 Å². The summed E-state index contributed by atoms with van der Waals surface area (Å²) < 4.78 is 10.6. The van der Waals surface area contributed by atoms with Gasteiger partial charge in [-0.15, -0.1) is 10.2 Å². The van der Waals surface area contributed by atoms with Crippen LogP contribution in [0.3, 0.4) is 0 Å². The topological polar surface area (TPSA) is 74.2 Å². The fraction of sp³-hybridized carbons (Fsp3) is 0.385. The van der Waals surface area contributed by atoms with Crippen LogP contribution in [-0.2, 0) is 19.3 Å². The van der Waals surface area contributed by atoms with Gasteiger partial charge in [0.2, 0.25) is 11.8 Å². The maximum atomic E-state index is 5.46. The third-order valence-electron chi connectivity index (χ3n) is 2.65. The van der Waals surface area contributed by atoms with E-state index in [0.29, 0.717) is 24.7 Å². The second kappa shape index (κ2) is 6.16. The molecule has 96 valence electrons. The summed E-state index contributed by atoms with van der Waals surface area (Å²) in [6.45, 7) is 0.528. The summed E-state index contributed by atoms with van der Waals surface area (Å²) in [5.74, 6) is 2.14. The highest BCUT2D eigenvalue weighted by atomic mass is 16.5. The Balaban J connectivity index is 1.89. The van der Waals surface area contributed by atoms with Crippen molar-refractivity contribution in [3.05, 3.63) is 41.6 Å². The summed E-state index contributed by atoms with van der Waals surface area (Å²) in [6, 6.07) is 7.97. The monoisotopic (exact) mass is 247 g/mol. The predicted octanol–water partition coefficient (Wildman–Crippen LogP) is 1.36. The predicted molar refractivity (Wildman–Crippen MR) is 67.5 cm³/mol. The molecule has 1 heterocycles. The van der Waals surface area contributed by atoms with Crippen LogP contribution >= 0.6 is 0 Å². The van der Waals surface area contributed by atoms with E-state index in [9.17, 15) is 0 Å². The molecule has 0 fully saturated rings. The van der Waals surface area contributed by atoms with E-state index < -0.39 is 0 Å². The highest BCUT2D eigenvalue weighted by Gasteiger charge is 2.05. The van der Waals surface area contributed by atoms with Crippen LogP contribution in [0.1, 0.15) is 17.3 Å². The van der Waals surface area contributed by atoms with Gasteiger partial charge < -0.3 is 14.9 Å². The number of nitrogens with zero attached hydrogens (tertiary/aromatic N) is 2. The lowest BCUT2D eigenvalue weighted by Gasteiger charge is -2.01. The van der Waals surface area contributed by atoms with Crippen LogP contribution in [0.25, 0.3) is 0 Å². The maximum Gasteiger partial charge on any atom is 0.217 e. The van der Waals surface area contributed by atoms with E-state index in [4.69, 9.17) is 14.9 Å². The Morgan fingerprint density at radius 2 is 1.72 bits per heavy atom. The quantitative estimate of drug-likeness (QED) is 0.834. The minimum Gasteiger partial charge on any atom is -0.497 e. The minimum atomic E-state index is 0.528. The fourth-order valence-electron chi connectivity index (χ4n) is 1.66. The van der Waals surface area contributed by atoms with Crippen LogP contribution in [0, 0.1) is 0 Å². The molecule has 1 aromatic heterocycles. The molecule has 1 aromatic carbocycles. The highest BCUT2D eigenvalue weighted by Crippen LogP contribution is 2.13. The van der Waals surface area contributed by atoms with Gasteiger partial charge in [0, 0.05) is 19.4 Å². The van der Waals surface area contributed by atoms with Gasteiger partial charge in [-0.1, -0.05) is 12.1 Å². The van der Waals surface area contributed by atoms with Crippen molar-refractivity contribution in [2.45, 2.75) is 19.3 Å². The Morgan fingerprint density at radius 1 is 1.06 bits per heavy atom. The zero-order valence-corrected chi connectivity index (χ0v) is 10.4. The zero-order valence-electron chi connectivity index (χ0n) is 10.4. The SMILES string of the molecule is COc1ccc(CCc2nnc(CCN)o2)cc1. The maximum absolute atomic E-state index is 5.46. The number of methoxy groups -OCH3 is 1. The van der Waals surface area contributed by atoms with Crippen molar-refractivity contribution in [3.63, 3.8) is 0 Å². The van der Waals surface area contributed by atoms with Crippen molar-refractivity contribution in [2.75, 3.05) is 13.7 Å². The van der Waals surface area contributed by atoms with Crippen LogP contribution in [0.15, 0.2) is 28.7 Å². The van der Waals surface area contributed by atoms with Gasteiger partial charge >= 0.3 is 0 Å². The van der Waals surface area contributed by atoms with E-state index in [0.717, 1.165) is 18.6 Å². The first-order chi connectivity index (χ1) is 8.81. The largest absolute Gasteiger partial charge is 0.497 e. The molecule has 0 aliphatic carbocycles. The smallest absolute Gasteiger partial charge is 0.217 e. The number of hydrogen-bond acceptors (Lipinski definition) is 5. The molecule has 0 spiro atoms. The Morgan fingerprint density at radius 3 is 2.33 bits per heavy atom. The van der Waals surface area contributed by atoms with Crippen molar-refractivity contribution >= 4 is 0 Å². The van der Waals surface area contributed by atoms with Crippen molar-refractivity contribution < 1.29 is 9.15 Å². The Kier molecular flexibility index (Phi) is 4.30. The van der Waals surface area contributed by atoms with Gasteiger partial charge in [-0.2, -0.15) is 0 Å². The molecule has 5 nitrogen and oxygen atoms in total. The van der Waals surface area contributed by atoms with Gasteiger partial charge in [0.1, 0.15) is 5.75 Å². The number of ether oxygens (including phenoxy) is 1. The van der Waals surface area contributed by atoms with Crippen molar-refractivity contribution in [2.24, 2.45) is 5.73 Å². The first kappa shape index (κ1) is 12.6. The third-order valence-corrected chi connectivity index (χ3v) is 2.65. The van der Waals surface area contributed by atoms with E-state index in [2.05, 4.69) is 10.2 Å². The lowest BCUT2D eigenvalue weighted by atomic mass is 10.1. The molecule has 0 atom stereocenters. The lowest BCUT2D eigenvalue weighted by Crippen LogP contribution is -2.02. The first-order valence-electron chi connectivity index (χ1n) is 5.96. The normalized spacial score (nSPS) is 10.6. The molecule has 0 radical (unpaired) electrons. The zero-order chi connectivity index (χ0) is 12.8. The van der Waals surface area contributed by atoms with Gasteiger partial charge in [0.05, 0.1) is 7.11 Å². The second-order valence-electron chi connectivity index (χ2n) is 3.98. The third kappa shape index (κ3) is 3.30. The molecule has 2 rings (SSSR count). The Bertz CT molecular complexity index is 479. The molecule has 0 bridgehead atoms. The average molecular weight is 247 g/mol. The number of aromatic nitrogens is 2. The molecule has 18 heavy (non-hydrogen) atoms. The molecule has 5 heteroatoms. The number of benzene rings is 1. The van der Waals surface area contributed by atoms with Crippen molar-refractivity contribution in [1.82, 2.24) is 10.2 Å². The molecule has 0 saturated heterocycles. The molecule has 0 aliphatic heterocycles. The summed E-state index contributed by atoms with van der Waals surface area (Å²) in [5.41, 5.74) is 6.64. The first-order valence-corrected chi connectivity index (χ1v) is 5.96. The van der Waals surface area contributed by atoms with Crippen LogP contribution in [0.5, 0.6) is 5.75 Å². The molecule has 0 aliphatic rings. The molecule has 0 saturated carbocycles. The minimum absolute atomic E-state index is 0.528. The van der Waals surface area contributed by atoms with Gasteiger partial charge in [-0.3, -0.25) is 0 Å². The summed E-state index contributed by atoms with van der Waals surface area (Å²) in [7, 11) is 1.66. The fourth-order valence-corrected chi connectivity index (χ4v) is 1.66. The standard InChI is InChI=1S/C13H17N3O2/c1-17-11-5-2-10(3-6-11)4-7-12-15-16-13(18-12)8-9-14/h2-3,5-6H,4,7-9,14H2,1H3. The summed E-state index contributed by atoms with van der Waals surface area (Å²) >= 11 is 0. The highest BCUT2D eigenvalue weighted by molar-refractivity contribution is 5.27. The lowest BCUT2D eigenvalue weighted by molar-refractivity contribution is 0.414. The average Bonchev–Trinajstić information content (AvgIpc) is 2.85. The molecule has 2 aromatic rings. The van der Waals surface area contributed by atoms with Crippen LogP contribution in [0.2, 0.25) is 0 Å². The summed E-state index contributed by atoms with van der Waals surface area (Å²) in [4.78, 5) is 0. The van der Waals surface area contributed by atoms with E-state index >= 15 is 0 Å². The van der Waals surface area contributed by atoms with Gasteiger partial charge in [0.25, 0.3) is 0 Å². The van der Waals surface area contributed by atoms with Crippen LogP contribution in [-0.4, -0.2) is 23.9 Å². The second-order valence-corrected chi connectivity index (χ2v) is 3.98. The van der Waals surface area contributed by atoms with Crippen LogP contribution in [0.4, 0.5) is 0 Å². The van der Waals surface area contributed by atoms with E-state index in [1.165, 1.54) is 5.56 Å². The summed E-state index contributed by atoms with van der Waals surface area (Å²) in [5, 5.41) is 7.92. The van der Waals surface area contributed by atoms with E-state index in [-0.39, 0.29) is 0 Å². The summed E-state index contributed by atoms with van der Waals surface area (Å²) in [6.07, 6.45) is 2.24. The van der Waals surface area contributed by atoms with Gasteiger partial charge in [0.15, 0.2) is 0 Å². The molecule has 0 unspecified atom stereocenters. The van der Waals surface area contributed by atoms with E-state index in [1.54, 1.807) is 7.11 Å². The van der Waals surface area contributed by atoms with E-state index in [1.807, 2.05) is 24.3 Å². The molecule has 0 amide bonds. The Hall–Kier alpha value is -1.88. The molecular formula is C13H17N3O2. The van der Waals surface area contributed by atoms with Gasteiger partial charge in [-0.25, -0.2) is 0 Å². The number of aryl methyl sites for hydroxylation is 2. The van der Waals surface area contributed by atoms with Crippen LogP contribution < -0.4 is 10.5 Å². The Labute approximate surface area is 106 Å². The number of hydrogen-bond donors (Lipinski definition) is 1.